The van der Waals surface area contributed by atoms with E-state index in [-0.39, 0.29) is 5.82 Å². The van der Waals surface area contributed by atoms with Gasteiger partial charge in [0.1, 0.15) is 5.82 Å². The largest absolute Gasteiger partial charge is 0.378 e. The van der Waals surface area contributed by atoms with E-state index in [0.717, 1.165) is 28.2 Å². The molecule has 0 bridgehead atoms. The topological polar surface area (TPSA) is 40.7 Å². The SMILES string of the molecule is Cc1cc(F)ccc1CNc1c(C)n[nH]c1C. The van der Waals surface area contributed by atoms with E-state index in [1.807, 2.05) is 26.8 Å². The Kier molecular flexibility index (Phi) is 3.13. The zero-order chi connectivity index (χ0) is 12.4. The lowest BCUT2D eigenvalue weighted by atomic mass is 10.1. The third kappa shape index (κ3) is 2.46. The van der Waals surface area contributed by atoms with Crippen molar-refractivity contribution in [2.75, 3.05) is 5.32 Å². The van der Waals surface area contributed by atoms with Crippen molar-refractivity contribution < 1.29 is 4.39 Å². The lowest BCUT2D eigenvalue weighted by molar-refractivity contribution is 0.625. The van der Waals surface area contributed by atoms with Gasteiger partial charge in [-0.25, -0.2) is 4.39 Å². The summed E-state index contributed by atoms with van der Waals surface area (Å²) < 4.78 is 13.0. The molecule has 1 heterocycles. The fourth-order valence-electron chi connectivity index (χ4n) is 1.85. The number of rotatable bonds is 3. The Balaban J connectivity index is 2.13. The number of hydrogen-bond acceptors (Lipinski definition) is 2. The Labute approximate surface area is 100 Å². The van der Waals surface area contributed by atoms with Crippen LogP contribution >= 0.6 is 0 Å². The molecule has 2 rings (SSSR count). The van der Waals surface area contributed by atoms with E-state index in [0.29, 0.717) is 6.54 Å². The Morgan fingerprint density at radius 2 is 2.06 bits per heavy atom. The molecule has 0 amide bonds. The fraction of sp³-hybridized carbons (Fsp3) is 0.308. The first-order valence-electron chi connectivity index (χ1n) is 5.58. The first-order valence-corrected chi connectivity index (χ1v) is 5.58. The second-order valence-corrected chi connectivity index (χ2v) is 4.23. The van der Waals surface area contributed by atoms with Crippen molar-refractivity contribution in [3.8, 4) is 0 Å². The van der Waals surface area contributed by atoms with Gasteiger partial charge in [-0.05, 0) is 44.0 Å². The summed E-state index contributed by atoms with van der Waals surface area (Å²) in [5.74, 6) is -0.193. The second-order valence-electron chi connectivity index (χ2n) is 4.23. The summed E-state index contributed by atoms with van der Waals surface area (Å²) in [6.45, 7) is 6.51. The highest BCUT2D eigenvalue weighted by Gasteiger charge is 2.06. The number of aryl methyl sites for hydroxylation is 3. The van der Waals surface area contributed by atoms with E-state index in [1.54, 1.807) is 6.07 Å². The van der Waals surface area contributed by atoms with Crippen LogP contribution in [0.15, 0.2) is 18.2 Å². The van der Waals surface area contributed by atoms with Crippen LogP contribution in [0.3, 0.4) is 0 Å². The van der Waals surface area contributed by atoms with E-state index in [4.69, 9.17) is 0 Å². The molecule has 0 aliphatic carbocycles. The first-order chi connectivity index (χ1) is 8.08. The third-order valence-electron chi connectivity index (χ3n) is 2.89. The van der Waals surface area contributed by atoms with Gasteiger partial charge in [-0.15, -0.1) is 0 Å². The molecule has 0 radical (unpaired) electrons. The van der Waals surface area contributed by atoms with E-state index in [2.05, 4.69) is 15.5 Å². The molecule has 0 atom stereocenters. The van der Waals surface area contributed by atoms with Crippen molar-refractivity contribution in [2.24, 2.45) is 0 Å². The van der Waals surface area contributed by atoms with Gasteiger partial charge in [-0.3, -0.25) is 5.10 Å². The smallest absolute Gasteiger partial charge is 0.123 e. The van der Waals surface area contributed by atoms with E-state index in [1.165, 1.54) is 6.07 Å². The van der Waals surface area contributed by atoms with Crippen molar-refractivity contribution in [1.29, 1.82) is 0 Å². The molecular formula is C13H16FN3. The summed E-state index contributed by atoms with van der Waals surface area (Å²) in [7, 11) is 0. The molecule has 90 valence electrons. The molecule has 0 aliphatic rings. The molecule has 0 saturated heterocycles. The first kappa shape index (κ1) is 11.6. The van der Waals surface area contributed by atoms with Crippen LogP contribution in [0, 0.1) is 26.6 Å². The summed E-state index contributed by atoms with van der Waals surface area (Å²) in [6, 6.07) is 4.84. The minimum absolute atomic E-state index is 0.193. The molecule has 0 aliphatic heterocycles. The molecule has 1 aromatic carbocycles. The predicted octanol–water partition coefficient (Wildman–Crippen LogP) is 3.09. The van der Waals surface area contributed by atoms with Gasteiger partial charge in [-0.2, -0.15) is 5.10 Å². The fourth-order valence-corrected chi connectivity index (χ4v) is 1.85. The summed E-state index contributed by atoms with van der Waals surface area (Å²) in [5.41, 5.74) is 5.03. The number of nitrogens with zero attached hydrogens (tertiary/aromatic N) is 1. The number of hydrogen-bond donors (Lipinski definition) is 2. The van der Waals surface area contributed by atoms with Crippen LogP contribution in [0.1, 0.15) is 22.5 Å². The number of aromatic nitrogens is 2. The monoisotopic (exact) mass is 233 g/mol. The van der Waals surface area contributed by atoms with Crippen LogP contribution in [0.4, 0.5) is 10.1 Å². The highest BCUT2D eigenvalue weighted by atomic mass is 19.1. The Bertz CT molecular complexity index is 512. The second kappa shape index (κ2) is 4.57. The molecule has 0 spiro atoms. The molecule has 0 unspecified atom stereocenters. The Hall–Kier alpha value is -1.84. The van der Waals surface area contributed by atoms with Gasteiger partial charge >= 0.3 is 0 Å². The number of halogens is 1. The molecule has 4 heteroatoms. The number of nitrogens with one attached hydrogen (secondary N) is 2. The highest BCUT2D eigenvalue weighted by Crippen LogP contribution is 2.18. The minimum atomic E-state index is -0.193. The predicted molar refractivity (Wildman–Crippen MR) is 66.5 cm³/mol. The average Bonchev–Trinajstić information content (AvgIpc) is 2.58. The maximum absolute atomic E-state index is 13.0. The molecule has 2 N–H and O–H groups in total. The molecule has 17 heavy (non-hydrogen) atoms. The van der Waals surface area contributed by atoms with Gasteiger partial charge in [-0.1, -0.05) is 6.07 Å². The van der Waals surface area contributed by atoms with E-state index >= 15 is 0 Å². The number of benzene rings is 1. The van der Waals surface area contributed by atoms with Gasteiger partial charge in [0.25, 0.3) is 0 Å². The minimum Gasteiger partial charge on any atom is -0.378 e. The molecule has 1 aromatic heterocycles. The van der Waals surface area contributed by atoms with Gasteiger partial charge in [0.2, 0.25) is 0 Å². The van der Waals surface area contributed by atoms with Crippen molar-refractivity contribution in [2.45, 2.75) is 27.3 Å². The van der Waals surface area contributed by atoms with Crippen LogP contribution in [-0.4, -0.2) is 10.2 Å². The molecule has 3 nitrogen and oxygen atoms in total. The van der Waals surface area contributed by atoms with Crippen LogP contribution in [0.25, 0.3) is 0 Å². The summed E-state index contributed by atoms with van der Waals surface area (Å²) >= 11 is 0. The zero-order valence-corrected chi connectivity index (χ0v) is 10.3. The lowest BCUT2D eigenvalue weighted by Crippen LogP contribution is -2.03. The number of anilines is 1. The van der Waals surface area contributed by atoms with Crippen LogP contribution < -0.4 is 5.32 Å². The zero-order valence-electron chi connectivity index (χ0n) is 10.3. The van der Waals surface area contributed by atoms with Crippen molar-refractivity contribution in [3.63, 3.8) is 0 Å². The molecule has 0 fully saturated rings. The third-order valence-corrected chi connectivity index (χ3v) is 2.89. The summed E-state index contributed by atoms with van der Waals surface area (Å²) in [6.07, 6.45) is 0. The van der Waals surface area contributed by atoms with Crippen LogP contribution in [0.2, 0.25) is 0 Å². The lowest BCUT2D eigenvalue weighted by Gasteiger charge is -2.09. The summed E-state index contributed by atoms with van der Waals surface area (Å²) in [4.78, 5) is 0. The number of H-pyrrole nitrogens is 1. The highest BCUT2D eigenvalue weighted by molar-refractivity contribution is 5.51. The van der Waals surface area contributed by atoms with Gasteiger partial charge in [0, 0.05) is 6.54 Å². The molecule has 2 aromatic rings. The molecular weight excluding hydrogens is 217 g/mol. The van der Waals surface area contributed by atoms with E-state index in [9.17, 15) is 4.39 Å². The quantitative estimate of drug-likeness (QED) is 0.855. The van der Waals surface area contributed by atoms with E-state index < -0.39 is 0 Å². The average molecular weight is 233 g/mol. The molecule has 0 saturated carbocycles. The Morgan fingerprint density at radius 3 is 2.65 bits per heavy atom. The van der Waals surface area contributed by atoms with Crippen LogP contribution in [0.5, 0.6) is 0 Å². The summed E-state index contributed by atoms with van der Waals surface area (Å²) in [5, 5.41) is 10.4. The maximum Gasteiger partial charge on any atom is 0.123 e. The van der Waals surface area contributed by atoms with Gasteiger partial charge < -0.3 is 5.32 Å². The number of aromatic amines is 1. The maximum atomic E-state index is 13.0. The van der Waals surface area contributed by atoms with Crippen molar-refractivity contribution >= 4 is 5.69 Å². The van der Waals surface area contributed by atoms with Gasteiger partial charge in [0.15, 0.2) is 0 Å². The van der Waals surface area contributed by atoms with Crippen molar-refractivity contribution in [3.05, 3.63) is 46.5 Å². The standard InChI is InChI=1S/C13H16FN3/c1-8-6-12(14)5-4-11(8)7-15-13-9(2)16-17-10(13)3/h4-6,15H,7H2,1-3H3,(H,16,17). The van der Waals surface area contributed by atoms with Crippen molar-refractivity contribution in [1.82, 2.24) is 10.2 Å². The Morgan fingerprint density at radius 1 is 1.29 bits per heavy atom. The van der Waals surface area contributed by atoms with Crippen LogP contribution in [-0.2, 0) is 6.54 Å². The van der Waals surface area contributed by atoms with Gasteiger partial charge in [0.05, 0.1) is 17.1 Å². The normalized spacial score (nSPS) is 10.6.